The van der Waals surface area contributed by atoms with Gasteiger partial charge in [-0.2, -0.15) is 0 Å². The van der Waals surface area contributed by atoms with Gasteiger partial charge in [0.15, 0.2) is 0 Å². The second-order valence-corrected chi connectivity index (χ2v) is 13.0. The molecule has 0 saturated carbocycles. The third-order valence-corrected chi connectivity index (χ3v) is 9.89. The zero-order chi connectivity index (χ0) is 31.5. The van der Waals surface area contributed by atoms with Crippen molar-refractivity contribution in [1.82, 2.24) is 0 Å². The van der Waals surface area contributed by atoms with Crippen molar-refractivity contribution < 1.29 is 4.74 Å². The molecule has 1 aliphatic heterocycles. The lowest BCUT2D eigenvalue weighted by atomic mass is 9.75. The lowest BCUT2D eigenvalue weighted by Crippen LogP contribution is -2.24. The van der Waals surface area contributed by atoms with Gasteiger partial charge in [-0.15, -0.1) is 0 Å². The molecule has 0 atom stereocenters. The second kappa shape index (κ2) is 10.6. The first-order valence-electron chi connectivity index (χ1n) is 16.3. The van der Waals surface area contributed by atoms with E-state index in [0.717, 1.165) is 28.6 Å². The van der Waals surface area contributed by atoms with Crippen LogP contribution in [0.25, 0.3) is 43.4 Å². The highest BCUT2D eigenvalue weighted by Crippen LogP contribution is 2.50. The van der Waals surface area contributed by atoms with E-state index in [2.05, 4.69) is 176 Å². The average molecular weight is 604 g/mol. The minimum Gasteiger partial charge on any atom is -0.457 e. The quantitative estimate of drug-likeness (QED) is 0.186. The van der Waals surface area contributed by atoms with Crippen LogP contribution in [0.15, 0.2) is 164 Å². The van der Waals surface area contributed by atoms with Gasteiger partial charge in [0.2, 0.25) is 0 Å². The molecule has 0 saturated heterocycles. The fourth-order valence-electron chi connectivity index (χ4n) is 7.49. The molecule has 2 heteroatoms. The normalized spacial score (nSPS) is 13.2. The third-order valence-electron chi connectivity index (χ3n) is 9.89. The maximum absolute atomic E-state index is 6.45. The van der Waals surface area contributed by atoms with E-state index >= 15 is 0 Å². The maximum atomic E-state index is 6.45. The number of hydrogen-bond donors (Lipinski definition) is 0. The number of benzene rings is 8. The van der Waals surface area contributed by atoms with Gasteiger partial charge in [-0.3, -0.25) is 0 Å². The molecule has 0 aliphatic carbocycles. The van der Waals surface area contributed by atoms with Crippen LogP contribution in [0.4, 0.5) is 17.1 Å². The van der Waals surface area contributed by atoms with E-state index < -0.39 is 0 Å². The molecule has 1 aliphatic rings. The lowest BCUT2D eigenvalue weighted by Gasteiger charge is -2.36. The van der Waals surface area contributed by atoms with E-state index in [-0.39, 0.29) is 5.41 Å². The van der Waals surface area contributed by atoms with Gasteiger partial charge in [-0.25, -0.2) is 0 Å². The molecule has 0 unspecified atom stereocenters. The van der Waals surface area contributed by atoms with Crippen LogP contribution >= 0.6 is 0 Å². The number of anilines is 3. The molecule has 2 nitrogen and oxygen atoms in total. The summed E-state index contributed by atoms with van der Waals surface area (Å²) in [6.45, 7) is 4.59. The SMILES string of the molecule is CC1(C)c2ccccc2Oc2ccc(N(c3ccc(-c4ccccc4)cc3)c3ccc4c5ccccc5c5ccccc5c4c3)cc21. The molecule has 8 aromatic carbocycles. The predicted octanol–water partition coefficient (Wildman–Crippen LogP) is 12.7. The van der Waals surface area contributed by atoms with Crippen molar-refractivity contribution in [3.8, 4) is 22.6 Å². The van der Waals surface area contributed by atoms with Gasteiger partial charge in [0.1, 0.15) is 11.5 Å². The first-order valence-corrected chi connectivity index (χ1v) is 16.3. The minimum absolute atomic E-state index is 0.221. The van der Waals surface area contributed by atoms with Crippen LogP contribution < -0.4 is 9.64 Å². The summed E-state index contributed by atoms with van der Waals surface area (Å²) in [5, 5.41) is 7.61. The van der Waals surface area contributed by atoms with Crippen LogP contribution in [0, 0.1) is 0 Å². The molecular formula is C45H33NO. The van der Waals surface area contributed by atoms with E-state index in [1.807, 2.05) is 6.07 Å². The van der Waals surface area contributed by atoms with E-state index in [4.69, 9.17) is 4.74 Å². The monoisotopic (exact) mass is 603 g/mol. The number of ether oxygens (including phenoxy) is 1. The fourth-order valence-corrected chi connectivity index (χ4v) is 7.49. The Bertz CT molecular complexity index is 2420. The van der Waals surface area contributed by atoms with Gasteiger partial charge in [0.05, 0.1) is 0 Å². The first-order chi connectivity index (χ1) is 23.1. The van der Waals surface area contributed by atoms with Crippen molar-refractivity contribution in [2.24, 2.45) is 0 Å². The highest BCUT2D eigenvalue weighted by atomic mass is 16.5. The molecular weight excluding hydrogens is 571 g/mol. The summed E-state index contributed by atoms with van der Waals surface area (Å²) in [4.78, 5) is 2.38. The van der Waals surface area contributed by atoms with Crippen molar-refractivity contribution in [2.45, 2.75) is 19.3 Å². The number of rotatable bonds is 4. The van der Waals surface area contributed by atoms with Crippen LogP contribution in [0.2, 0.25) is 0 Å². The Labute approximate surface area is 275 Å². The van der Waals surface area contributed by atoms with Gasteiger partial charge >= 0.3 is 0 Å². The zero-order valence-electron chi connectivity index (χ0n) is 26.4. The van der Waals surface area contributed by atoms with E-state index in [0.29, 0.717) is 0 Å². The topological polar surface area (TPSA) is 12.5 Å². The molecule has 0 aromatic heterocycles. The van der Waals surface area contributed by atoms with Gasteiger partial charge in [0.25, 0.3) is 0 Å². The third kappa shape index (κ3) is 4.40. The molecule has 224 valence electrons. The summed E-state index contributed by atoms with van der Waals surface area (Å²) >= 11 is 0. The number of fused-ring (bicyclic) bond motifs is 8. The second-order valence-electron chi connectivity index (χ2n) is 13.0. The van der Waals surface area contributed by atoms with Crippen LogP contribution in [0.3, 0.4) is 0 Å². The smallest absolute Gasteiger partial charge is 0.131 e. The lowest BCUT2D eigenvalue weighted by molar-refractivity contribution is 0.418. The number of hydrogen-bond acceptors (Lipinski definition) is 2. The van der Waals surface area contributed by atoms with Gasteiger partial charge in [-0.05, 0) is 92.0 Å². The standard InChI is InChI=1S/C45H33NO/c1-45(2)41-18-10-11-19-43(41)47-44-27-25-34(29-42(44)45)46(32-22-20-31(21-23-32)30-12-4-3-5-13-30)33-24-26-39-37-16-7-6-14-35(37)36-15-8-9-17-38(36)40(39)28-33/h3-29H,1-2H3. The fraction of sp³-hybridized carbons (Fsp3) is 0.0667. The van der Waals surface area contributed by atoms with Crippen molar-refractivity contribution >= 4 is 49.4 Å². The Balaban J connectivity index is 1.26. The van der Waals surface area contributed by atoms with E-state index in [9.17, 15) is 0 Å². The van der Waals surface area contributed by atoms with Crippen molar-refractivity contribution in [2.75, 3.05) is 4.90 Å². The maximum Gasteiger partial charge on any atom is 0.131 e. The van der Waals surface area contributed by atoms with E-state index in [1.54, 1.807) is 0 Å². The minimum atomic E-state index is -0.221. The highest BCUT2D eigenvalue weighted by molar-refractivity contribution is 6.25. The Hall–Kier alpha value is -5.86. The van der Waals surface area contributed by atoms with Crippen LogP contribution in [0.1, 0.15) is 25.0 Å². The van der Waals surface area contributed by atoms with Crippen LogP contribution in [-0.2, 0) is 5.41 Å². The predicted molar refractivity (Wildman–Crippen MR) is 198 cm³/mol. The zero-order valence-corrected chi connectivity index (χ0v) is 26.4. The number of nitrogens with zero attached hydrogens (tertiary/aromatic N) is 1. The van der Waals surface area contributed by atoms with Crippen LogP contribution in [0.5, 0.6) is 11.5 Å². The highest BCUT2D eigenvalue weighted by Gasteiger charge is 2.34. The largest absolute Gasteiger partial charge is 0.457 e. The average Bonchev–Trinajstić information content (AvgIpc) is 3.13. The summed E-state index contributed by atoms with van der Waals surface area (Å²) in [5.41, 5.74) is 7.87. The molecule has 0 N–H and O–H groups in total. The summed E-state index contributed by atoms with van der Waals surface area (Å²) in [6, 6.07) is 59.0. The summed E-state index contributed by atoms with van der Waals surface area (Å²) < 4.78 is 6.45. The summed E-state index contributed by atoms with van der Waals surface area (Å²) in [7, 11) is 0. The Kier molecular flexibility index (Phi) is 6.20. The molecule has 0 fully saturated rings. The molecule has 0 bridgehead atoms. The van der Waals surface area contributed by atoms with Gasteiger partial charge in [-0.1, -0.05) is 129 Å². The van der Waals surface area contributed by atoms with E-state index in [1.165, 1.54) is 54.6 Å². The number of para-hydroxylation sites is 1. The molecule has 0 spiro atoms. The van der Waals surface area contributed by atoms with Gasteiger partial charge in [0, 0.05) is 33.6 Å². The Morgan fingerprint density at radius 3 is 1.57 bits per heavy atom. The summed E-state index contributed by atoms with van der Waals surface area (Å²) in [6.07, 6.45) is 0. The van der Waals surface area contributed by atoms with Crippen LogP contribution in [-0.4, -0.2) is 0 Å². The van der Waals surface area contributed by atoms with Crippen molar-refractivity contribution in [1.29, 1.82) is 0 Å². The molecule has 0 amide bonds. The Morgan fingerprint density at radius 1 is 0.383 bits per heavy atom. The molecule has 47 heavy (non-hydrogen) atoms. The van der Waals surface area contributed by atoms with Crippen molar-refractivity contribution in [3.63, 3.8) is 0 Å². The summed E-state index contributed by atoms with van der Waals surface area (Å²) in [5.74, 6) is 1.84. The molecule has 8 aromatic rings. The Morgan fingerprint density at radius 2 is 0.872 bits per heavy atom. The van der Waals surface area contributed by atoms with Crippen molar-refractivity contribution in [3.05, 3.63) is 175 Å². The first kappa shape index (κ1) is 27.5. The molecule has 1 heterocycles. The molecule has 0 radical (unpaired) electrons. The molecule has 9 rings (SSSR count). The van der Waals surface area contributed by atoms with Gasteiger partial charge < -0.3 is 9.64 Å².